The first-order valence-corrected chi connectivity index (χ1v) is 7.69. The minimum atomic E-state index is -0.260. The Morgan fingerprint density at radius 3 is 2.55 bits per heavy atom. The van der Waals surface area contributed by atoms with Crippen molar-refractivity contribution in [2.75, 3.05) is 0 Å². The van der Waals surface area contributed by atoms with Crippen molar-refractivity contribution in [2.24, 2.45) is 0 Å². The molecule has 1 atom stereocenters. The van der Waals surface area contributed by atoms with Crippen molar-refractivity contribution in [2.45, 2.75) is 39.2 Å². The van der Waals surface area contributed by atoms with Gasteiger partial charge < -0.3 is 5.32 Å². The van der Waals surface area contributed by atoms with E-state index in [9.17, 15) is 9.18 Å². The number of benzene rings is 2. The summed E-state index contributed by atoms with van der Waals surface area (Å²) in [7, 11) is 0. The van der Waals surface area contributed by atoms with Crippen molar-refractivity contribution in [1.29, 1.82) is 0 Å². The van der Waals surface area contributed by atoms with Gasteiger partial charge in [0.15, 0.2) is 0 Å². The van der Waals surface area contributed by atoms with Crippen LogP contribution in [0, 0.1) is 12.7 Å². The number of halogens is 1. The van der Waals surface area contributed by atoms with Crippen molar-refractivity contribution in [3.05, 3.63) is 71.0 Å². The van der Waals surface area contributed by atoms with Gasteiger partial charge in [-0.25, -0.2) is 4.39 Å². The first-order valence-electron chi connectivity index (χ1n) is 7.69. The minimum Gasteiger partial charge on any atom is -0.349 e. The number of aryl methyl sites for hydroxylation is 2. The van der Waals surface area contributed by atoms with E-state index < -0.39 is 0 Å². The zero-order valence-electron chi connectivity index (χ0n) is 13.1. The van der Waals surface area contributed by atoms with Crippen LogP contribution < -0.4 is 5.32 Å². The highest BCUT2D eigenvalue weighted by atomic mass is 19.1. The Morgan fingerprint density at radius 1 is 1.18 bits per heavy atom. The topological polar surface area (TPSA) is 29.1 Å². The second-order valence-electron chi connectivity index (χ2n) is 5.57. The molecule has 0 aliphatic heterocycles. The lowest BCUT2D eigenvalue weighted by Gasteiger charge is -2.17. The van der Waals surface area contributed by atoms with Gasteiger partial charge in [0, 0.05) is 6.42 Å². The van der Waals surface area contributed by atoms with Gasteiger partial charge in [-0.05, 0) is 43.0 Å². The highest BCUT2D eigenvalue weighted by molar-refractivity contribution is 5.76. The van der Waals surface area contributed by atoms with Crippen LogP contribution in [0.5, 0.6) is 0 Å². The molecule has 2 nitrogen and oxygen atoms in total. The molecule has 0 saturated carbocycles. The van der Waals surface area contributed by atoms with Crippen LogP contribution in [0.15, 0.2) is 48.5 Å². The lowest BCUT2D eigenvalue weighted by atomic mass is 10.0. The van der Waals surface area contributed by atoms with E-state index in [0.717, 1.165) is 17.5 Å². The first kappa shape index (κ1) is 16.2. The van der Waals surface area contributed by atoms with Crippen LogP contribution >= 0.6 is 0 Å². The molecule has 2 rings (SSSR count). The summed E-state index contributed by atoms with van der Waals surface area (Å²) in [5.41, 5.74) is 3.17. The summed E-state index contributed by atoms with van der Waals surface area (Å²) in [5, 5.41) is 3.05. The summed E-state index contributed by atoms with van der Waals surface area (Å²) in [5.74, 6) is -0.263. The number of carbonyl (C=O) groups excluding carboxylic acids is 1. The van der Waals surface area contributed by atoms with E-state index >= 15 is 0 Å². The molecule has 0 bridgehead atoms. The van der Waals surface area contributed by atoms with Crippen LogP contribution in [-0.2, 0) is 11.2 Å². The van der Waals surface area contributed by atoms with E-state index in [0.29, 0.717) is 12.8 Å². The third kappa shape index (κ3) is 4.69. The molecule has 0 saturated heterocycles. The lowest BCUT2D eigenvalue weighted by molar-refractivity contribution is -0.121. The lowest BCUT2D eigenvalue weighted by Crippen LogP contribution is -2.28. The Bertz CT molecular complexity index is 622. The fourth-order valence-corrected chi connectivity index (χ4v) is 2.44. The van der Waals surface area contributed by atoms with Gasteiger partial charge in [0.25, 0.3) is 0 Å². The number of nitrogens with one attached hydrogen (secondary N) is 1. The maximum absolute atomic E-state index is 13.1. The summed E-state index contributed by atoms with van der Waals surface area (Å²) in [6.07, 6.45) is 1.76. The van der Waals surface area contributed by atoms with E-state index in [1.165, 1.54) is 17.7 Å². The van der Waals surface area contributed by atoms with Gasteiger partial charge in [-0.3, -0.25) is 4.79 Å². The zero-order valence-corrected chi connectivity index (χ0v) is 13.1. The van der Waals surface area contributed by atoms with Gasteiger partial charge >= 0.3 is 0 Å². The summed E-state index contributed by atoms with van der Waals surface area (Å²) >= 11 is 0. The first-order chi connectivity index (χ1) is 10.6. The SMILES string of the molecule is CCC(NC(=O)CCc1cccc(F)c1)c1ccc(C)cc1. The maximum Gasteiger partial charge on any atom is 0.220 e. The Hall–Kier alpha value is -2.16. The number of rotatable bonds is 6. The van der Waals surface area contributed by atoms with Crippen LogP contribution in [0.3, 0.4) is 0 Å². The average Bonchev–Trinajstić information content (AvgIpc) is 2.52. The van der Waals surface area contributed by atoms with Gasteiger partial charge in [-0.15, -0.1) is 0 Å². The van der Waals surface area contributed by atoms with Gasteiger partial charge in [0.2, 0.25) is 5.91 Å². The molecule has 0 aliphatic carbocycles. The van der Waals surface area contributed by atoms with Crippen LogP contribution in [0.1, 0.15) is 42.5 Å². The highest BCUT2D eigenvalue weighted by Gasteiger charge is 2.12. The predicted molar refractivity (Wildman–Crippen MR) is 87.1 cm³/mol. The van der Waals surface area contributed by atoms with E-state index in [4.69, 9.17) is 0 Å². The van der Waals surface area contributed by atoms with Gasteiger partial charge in [0.05, 0.1) is 6.04 Å². The number of amides is 1. The molecule has 0 radical (unpaired) electrons. The molecule has 1 unspecified atom stereocenters. The summed E-state index contributed by atoms with van der Waals surface area (Å²) in [4.78, 5) is 12.1. The zero-order chi connectivity index (χ0) is 15.9. The monoisotopic (exact) mass is 299 g/mol. The summed E-state index contributed by atoms with van der Waals surface area (Å²) in [6.45, 7) is 4.10. The second kappa shape index (κ2) is 7.74. The molecule has 3 heteroatoms. The highest BCUT2D eigenvalue weighted by Crippen LogP contribution is 2.17. The van der Waals surface area contributed by atoms with Gasteiger partial charge in [-0.2, -0.15) is 0 Å². The van der Waals surface area contributed by atoms with Crippen LogP contribution in [0.4, 0.5) is 4.39 Å². The number of hydrogen-bond acceptors (Lipinski definition) is 1. The molecule has 2 aromatic carbocycles. The molecule has 22 heavy (non-hydrogen) atoms. The van der Waals surface area contributed by atoms with Crippen molar-refractivity contribution in [1.82, 2.24) is 5.32 Å². The Kier molecular flexibility index (Phi) is 5.70. The van der Waals surface area contributed by atoms with Gasteiger partial charge in [0.1, 0.15) is 5.82 Å². The van der Waals surface area contributed by atoms with E-state index in [-0.39, 0.29) is 17.8 Å². The van der Waals surface area contributed by atoms with E-state index in [2.05, 4.69) is 36.5 Å². The summed E-state index contributed by atoms with van der Waals surface area (Å²) < 4.78 is 13.1. The van der Waals surface area contributed by atoms with E-state index in [1.807, 2.05) is 13.0 Å². The average molecular weight is 299 g/mol. The molecule has 1 N–H and O–H groups in total. The molecule has 0 heterocycles. The largest absolute Gasteiger partial charge is 0.349 e. The Balaban J connectivity index is 1.90. The third-order valence-electron chi connectivity index (χ3n) is 3.75. The molecule has 0 aliphatic rings. The van der Waals surface area contributed by atoms with Crippen molar-refractivity contribution >= 4 is 5.91 Å². The molecule has 0 fully saturated rings. The normalized spacial score (nSPS) is 12.0. The van der Waals surface area contributed by atoms with Gasteiger partial charge in [-0.1, -0.05) is 48.9 Å². The maximum atomic E-state index is 13.1. The fraction of sp³-hybridized carbons (Fsp3) is 0.316. The Labute approximate surface area is 131 Å². The molecule has 0 aromatic heterocycles. The molecule has 1 amide bonds. The Morgan fingerprint density at radius 2 is 1.91 bits per heavy atom. The molecule has 116 valence electrons. The van der Waals surface area contributed by atoms with Crippen molar-refractivity contribution in [3.8, 4) is 0 Å². The fourth-order valence-electron chi connectivity index (χ4n) is 2.44. The number of hydrogen-bond donors (Lipinski definition) is 1. The molecular weight excluding hydrogens is 277 g/mol. The van der Waals surface area contributed by atoms with Crippen LogP contribution in [0.25, 0.3) is 0 Å². The smallest absolute Gasteiger partial charge is 0.220 e. The van der Waals surface area contributed by atoms with Crippen LogP contribution in [0.2, 0.25) is 0 Å². The van der Waals surface area contributed by atoms with E-state index in [1.54, 1.807) is 6.07 Å². The molecule has 2 aromatic rings. The van der Waals surface area contributed by atoms with Crippen LogP contribution in [-0.4, -0.2) is 5.91 Å². The summed E-state index contributed by atoms with van der Waals surface area (Å²) in [6, 6.07) is 14.6. The predicted octanol–water partition coefficient (Wildman–Crippen LogP) is 4.33. The third-order valence-corrected chi connectivity index (χ3v) is 3.75. The van der Waals surface area contributed by atoms with Crippen molar-refractivity contribution < 1.29 is 9.18 Å². The molecule has 0 spiro atoms. The molecular formula is C19H22FNO. The minimum absolute atomic E-state index is 0.00307. The number of carbonyl (C=O) groups is 1. The quantitative estimate of drug-likeness (QED) is 0.845. The standard InChI is InChI=1S/C19H22FNO/c1-3-18(16-10-7-14(2)8-11-16)21-19(22)12-9-15-5-4-6-17(20)13-15/h4-8,10-11,13,18H,3,9,12H2,1-2H3,(H,21,22). The second-order valence-corrected chi connectivity index (χ2v) is 5.57. The van der Waals surface area contributed by atoms with Crippen molar-refractivity contribution in [3.63, 3.8) is 0 Å².